The van der Waals surface area contributed by atoms with Gasteiger partial charge in [-0.15, -0.1) is 11.3 Å². The minimum absolute atomic E-state index is 0.0266. The van der Waals surface area contributed by atoms with Gasteiger partial charge in [0.1, 0.15) is 23.6 Å². The monoisotopic (exact) mass is 398 g/mol. The second-order valence-corrected chi connectivity index (χ2v) is 7.80. The maximum atomic E-state index is 12.9. The van der Waals surface area contributed by atoms with Gasteiger partial charge in [0.2, 0.25) is 5.91 Å². The van der Waals surface area contributed by atoms with E-state index in [4.69, 9.17) is 4.42 Å². The molecule has 0 spiro atoms. The average molecular weight is 398 g/mol. The second kappa shape index (κ2) is 7.63. The number of thiophene rings is 1. The summed E-state index contributed by atoms with van der Waals surface area (Å²) in [5.74, 6) is 1.44. The Hall–Kier alpha value is -2.87. The quantitative estimate of drug-likeness (QED) is 0.519. The molecule has 0 aliphatic carbocycles. The van der Waals surface area contributed by atoms with Crippen molar-refractivity contribution >= 4 is 33.0 Å². The molecule has 1 amide bonds. The molecule has 4 aromatic heterocycles. The minimum atomic E-state index is -0.251. The third-order valence-corrected chi connectivity index (χ3v) is 5.64. The van der Waals surface area contributed by atoms with E-state index in [9.17, 15) is 9.59 Å². The van der Waals surface area contributed by atoms with Crippen molar-refractivity contribution < 1.29 is 9.21 Å². The number of aryl methyl sites for hydroxylation is 2. The number of furan rings is 1. The van der Waals surface area contributed by atoms with E-state index in [0.29, 0.717) is 11.9 Å². The summed E-state index contributed by atoms with van der Waals surface area (Å²) < 4.78 is 9.53. The predicted molar refractivity (Wildman–Crippen MR) is 109 cm³/mol. The van der Waals surface area contributed by atoms with E-state index in [0.717, 1.165) is 34.6 Å². The first-order valence-corrected chi connectivity index (χ1v) is 10.2. The third-order valence-electron chi connectivity index (χ3n) is 4.79. The fourth-order valence-electron chi connectivity index (χ4n) is 3.40. The van der Waals surface area contributed by atoms with Gasteiger partial charge in [0.15, 0.2) is 0 Å². The highest BCUT2D eigenvalue weighted by Gasteiger charge is 2.16. The molecule has 146 valence electrons. The van der Waals surface area contributed by atoms with Crippen LogP contribution in [0.2, 0.25) is 0 Å². The highest BCUT2D eigenvalue weighted by atomic mass is 32.1. The Balaban J connectivity index is 1.51. The molecule has 8 heteroatoms. The van der Waals surface area contributed by atoms with E-state index in [-0.39, 0.29) is 24.1 Å². The van der Waals surface area contributed by atoms with Gasteiger partial charge in [0, 0.05) is 18.9 Å². The van der Waals surface area contributed by atoms with Gasteiger partial charge in [-0.2, -0.15) is 5.10 Å². The van der Waals surface area contributed by atoms with Crippen LogP contribution in [0, 0.1) is 0 Å². The van der Waals surface area contributed by atoms with Crippen LogP contribution in [0.5, 0.6) is 0 Å². The van der Waals surface area contributed by atoms with E-state index in [1.54, 1.807) is 17.6 Å². The zero-order valence-electron chi connectivity index (χ0n) is 15.8. The highest BCUT2D eigenvalue weighted by molar-refractivity contribution is 7.17. The molecule has 0 bridgehead atoms. The lowest BCUT2D eigenvalue weighted by Gasteiger charge is -2.14. The fourth-order valence-corrected chi connectivity index (χ4v) is 4.20. The lowest BCUT2D eigenvalue weighted by Crippen LogP contribution is -2.39. The first-order valence-electron chi connectivity index (χ1n) is 9.37. The molecule has 0 radical (unpaired) electrons. The van der Waals surface area contributed by atoms with E-state index in [1.165, 1.54) is 4.68 Å². The van der Waals surface area contributed by atoms with Gasteiger partial charge < -0.3 is 9.73 Å². The standard InChI is InChI=1S/C20H22N4O3S/c1-3-18-22-23(20(26)16-11-17-15(24(16)18)8-10-28-17)12-19(25)21-13(2)6-7-14-5-4-9-27-14/h4-5,8-11,13H,3,6-7,12H2,1-2H3,(H,21,25)/t13-/m1/s1. The summed E-state index contributed by atoms with van der Waals surface area (Å²) in [6, 6.07) is 7.61. The molecule has 0 aromatic carbocycles. The van der Waals surface area contributed by atoms with Crippen LogP contribution in [0.4, 0.5) is 0 Å². The summed E-state index contributed by atoms with van der Waals surface area (Å²) in [7, 11) is 0. The fraction of sp³-hybridized carbons (Fsp3) is 0.350. The Morgan fingerprint density at radius 1 is 1.36 bits per heavy atom. The predicted octanol–water partition coefficient (Wildman–Crippen LogP) is 3.00. The summed E-state index contributed by atoms with van der Waals surface area (Å²) in [5.41, 5.74) is 1.30. The van der Waals surface area contributed by atoms with Crippen LogP contribution in [0.15, 0.2) is 45.1 Å². The summed E-state index contributed by atoms with van der Waals surface area (Å²) in [6.45, 7) is 3.84. The Kier molecular flexibility index (Phi) is 5.04. The lowest BCUT2D eigenvalue weighted by molar-refractivity contribution is -0.122. The lowest BCUT2D eigenvalue weighted by atomic mass is 10.1. The van der Waals surface area contributed by atoms with Crippen LogP contribution in [0.1, 0.15) is 31.9 Å². The van der Waals surface area contributed by atoms with Crippen LogP contribution in [0.3, 0.4) is 0 Å². The second-order valence-electron chi connectivity index (χ2n) is 6.85. The van der Waals surface area contributed by atoms with Gasteiger partial charge in [0.25, 0.3) is 5.56 Å². The third kappa shape index (κ3) is 3.47. The largest absolute Gasteiger partial charge is 0.469 e. The summed E-state index contributed by atoms with van der Waals surface area (Å²) >= 11 is 1.59. The SMILES string of the molecule is CCc1nn(CC(=O)N[C@H](C)CCc2ccco2)c(=O)c2cc3sccc3n12. The number of carbonyl (C=O) groups excluding carboxylic acids is 1. The molecule has 28 heavy (non-hydrogen) atoms. The summed E-state index contributed by atoms with van der Waals surface area (Å²) in [6.07, 6.45) is 3.82. The number of fused-ring (bicyclic) bond motifs is 3. The number of nitrogens with one attached hydrogen (secondary N) is 1. The molecule has 1 N–H and O–H groups in total. The van der Waals surface area contributed by atoms with Crippen LogP contribution in [-0.4, -0.2) is 26.1 Å². The van der Waals surface area contributed by atoms with Crippen molar-refractivity contribution in [2.45, 2.75) is 45.7 Å². The first kappa shape index (κ1) is 18.5. The van der Waals surface area contributed by atoms with Crippen molar-refractivity contribution in [2.75, 3.05) is 0 Å². The van der Waals surface area contributed by atoms with E-state index >= 15 is 0 Å². The average Bonchev–Trinajstić information content (AvgIpc) is 3.39. The molecule has 4 aromatic rings. The first-order chi connectivity index (χ1) is 13.6. The topological polar surface area (TPSA) is 81.5 Å². The number of hydrogen-bond donors (Lipinski definition) is 1. The molecule has 1 atom stereocenters. The zero-order valence-corrected chi connectivity index (χ0v) is 16.7. The van der Waals surface area contributed by atoms with Crippen LogP contribution >= 0.6 is 11.3 Å². The number of aromatic nitrogens is 3. The van der Waals surface area contributed by atoms with Crippen molar-refractivity contribution in [3.63, 3.8) is 0 Å². The Morgan fingerprint density at radius 3 is 2.96 bits per heavy atom. The Labute approximate surface area is 165 Å². The van der Waals surface area contributed by atoms with Gasteiger partial charge in [-0.1, -0.05) is 6.92 Å². The molecule has 4 rings (SSSR count). The molecule has 0 saturated heterocycles. The molecule has 0 saturated carbocycles. The van der Waals surface area contributed by atoms with Crippen LogP contribution < -0.4 is 10.9 Å². The molecular formula is C20H22N4O3S. The van der Waals surface area contributed by atoms with Crippen molar-refractivity contribution in [1.29, 1.82) is 0 Å². The maximum Gasteiger partial charge on any atom is 0.291 e. The zero-order chi connectivity index (χ0) is 19.7. The van der Waals surface area contributed by atoms with Crippen molar-refractivity contribution in [1.82, 2.24) is 19.5 Å². The van der Waals surface area contributed by atoms with Crippen molar-refractivity contribution in [3.8, 4) is 0 Å². The molecule has 7 nitrogen and oxygen atoms in total. The number of rotatable bonds is 7. The number of nitrogens with zero attached hydrogens (tertiary/aromatic N) is 3. The number of carbonyl (C=O) groups is 1. The molecule has 0 fully saturated rings. The number of amides is 1. The van der Waals surface area contributed by atoms with Crippen LogP contribution in [0.25, 0.3) is 15.7 Å². The van der Waals surface area contributed by atoms with Crippen molar-refractivity contribution in [3.05, 3.63) is 57.8 Å². The molecule has 0 unspecified atom stereocenters. The molecule has 0 aliphatic heterocycles. The Morgan fingerprint density at radius 2 is 2.21 bits per heavy atom. The van der Waals surface area contributed by atoms with E-state index < -0.39 is 0 Å². The van der Waals surface area contributed by atoms with Crippen molar-refractivity contribution in [2.24, 2.45) is 0 Å². The summed E-state index contributed by atoms with van der Waals surface area (Å²) in [5, 5.41) is 9.39. The minimum Gasteiger partial charge on any atom is -0.469 e. The van der Waals surface area contributed by atoms with Gasteiger partial charge >= 0.3 is 0 Å². The van der Waals surface area contributed by atoms with Crippen LogP contribution in [-0.2, 0) is 24.2 Å². The normalized spacial score (nSPS) is 12.6. The smallest absolute Gasteiger partial charge is 0.291 e. The molecule has 4 heterocycles. The number of hydrogen-bond acceptors (Lipinski definition) is 5. The Bertz CT molecular complexity index is 1170. The van der Waals surface area contributed by atoms with Gasteiger partial charge in [0.05, 0.1) is 16.5 Å². The molecular weight excluding hydrogens is 376 g/mol. The van der Waals surface area contributed by atoms with Gasteiger partial charge in [-0.25, -0.2) is 4.68 Å². The highest BCUT2D eigenvalue weighted by Crippen LogP contribution is 2.24. The van der Waals surface area contributed by atoms with Gasteiger partial charge in [-0.05, 0) is 43.0 Å². The summed E-state index contributed by atoms with van der Waals surface area (Å²) in [4.78, 5) is 25.3. The molecule has 0 aliphatic rings. The van der Waals surface area contributed by atoms with Gasteiger partial charge in [-0.3, -0.25) is 14.0 Å². The van der Waals surface area contributed by atoms with E-state index in [1.807, 2.05) is 47.9 Å². The maximum absolute atomic E-state index is 12.9. The van der Waals surface area contributed by atoms with E-state index in [2.05, 4.69) is 10.4 Å².